The number of aliphatic hydroxyl groups is 1. The van der Waals surface area contributed by atoms with Crippen molar-refractivity contribution in [3.63, 3.8) is 0 Å². The van der Waals surface area contributed by atoms with Crippen molar-refractivity contribution in [1.29, 1.82) is 0 Å². The molecule has 6 heteroatoms. The van der Waals surface area contributed by atoms with Gasteiger partial charge in [0.25, 0.3) is 0 Å². The van der Waals surface area contributed by atoms with Crippen LogP contribution in [0.1, 0.15) is 0 Å². The first-order valence-corrected chi connectivity index (χ1v) is 6.76. The third-order valence-corrected chi connectivity index (χ3v) is 3.32. The van der Waals surface area contributed by atoms with Crippen LogP contribution in [0, 0.1) is 0 Å². The zero-order chi connectivity index (χ0) is 14.8. The average molecular weight is 283 g/mol. The molecular formula is C15H17N5O. The van der Waals surface area contributed by atoms with E-state index < -0.39 is 0 Å². The van der Waals surface area contributed by atoms with Crippen LogP contribution in [0.25, 0.3) is 22.2 Å². The van der Waals surface area contributed by atoms with Crippen LogP contribution in [0.3, 0.4) is 0 Å². The summed E-state index contributed by atoms with van der Waals surface area (Å²) in [5.41, 5.74) is 2.88. The lowest BCUT2D eigenvalue weighted by atomic mass is 10.1. The van der Waals surface area contributed by atoms with Crippen molar-refractivity contribution < 1.29 is 5.11 Å². The zero-order valence-electron chi connectivity index (χ0n) is 12.1. The SMILES string of the molecule is CN(C)c1nn(CCO)c2ncc(-c3ccncc3)cc12. The highest BCUT2D eigenvalue weighted by atomic mass is 16.3. The summed E-state index contributed by atoms with van der Waals surface area (Å²) in [5, 5.41) is 14.6. The number of anilines is 1. The highest BCUT2D eigenvalue weighted by molar-refractivity contribution is 5.91. The van der Waals surface area contributed by atoms with Crippen molar-refractivity contribution in [3.8, 4) is 11.1 Å². The molecule has 0 fully saturated rings. The number of aromatic nitrogens is 4. The van der Waals surface area contributed by atoms with Crippen LogP contribution in [0.15, 0.2) is 36.8 Å². The smallest absolute Gasteiger partial charge is 0.160 e. The van der Waals surface area contributed by atoms with E-state index in [4.69, 9.17) is 5.11 Å². The van der Waals surface area contributed by atoms with Gasteiger partial charge in [-0.3, -0.25) is 4.98 Å². The maximum Gasteiger partial charge on any atom is 0.160 e. The van der Waals surface area contributed by atoms with Crippen molar-refractivity contribution in [2.24, 2.45) is 0 Å². The molecule has 3 heterocycles. The Balaban J connectivity index is 2.18. The highest BCUT2D eigenvalue weighted by Gasteiger charge is 2.14. The third-order valence-electron chi connectivity index (χ3n) is 3.32. The molecular weight excluding hydrogens is 266 g/mol. The summed E-state index contributed by atoms with van der Waals surface area (Å²) in [6, 6.07) is 5.99. The number of nitrogens with zero attached hydrogens (tertiary/aromatic N) is 5. The monoisotopic (exact) mass is 283 g/mol. The molecule has 108 valence electrons. The molecule has 0 aliphatic carbocycles. The second-order valence-corrected chi connectivity index (χ2v) is 5.00. The Hall–Kier alpha value is -2.47. The molecule has 1 N–H and O–H groups in total. The Bertz CT molecular complexity index is 751. The molecule has 0 spiro atoms. The standard InChI is InChI=1S/C15H17N5O/c1-19(2)15-13-9-12(11-3-5-16-6-4-11)10-17-14(13)20(18-15)7-8-21/h3-6,9-10,21H,7-8H2,1-2H3. The Labute approximate surface area is 122 Å². The van der Waals surface area contributed by atoms with Gasteiger partial charge in [-0.1, -0.05) is 0 Å². The molecule has 6 nitrogen and oxygen atoms in total. The van der Waals surface area contributed by atoms with Gasteiger partial charge >= 0.3 is 0 Å². The normalized spacial score (nSPS) is 11.0. The van der Waals surface area contributed by atoms with Gasteiger partial charge in [0.05, 0.1) is 18.5 Å². The van der Waals surface area contributed by atoms with E-state index in [1.807, 2.05) is 37.3 Å². The first kappa shape index (κ1) is 13.5. The predicted octanol–water partition coefficient (Wildman–Crippen LogP) is 1.55. The second-order valence-electron chi connectivity index (χ2n) is 5.00. The van der Waals surface area contributed by atoms with Crippen LogP contribution in [0.4, 0.5) is 5.82 Å². The zero-order valence-corrected chi connectivity index (χ0v) is 12.1. The van der Waals surface area contributed by atoms with E-state index in [0.29, 0.717) is 6.54 Å². The number of fused-ring (bicyclic) bond motifs is 1. The number of hydrogen-bond acceptors (Lipinski definition) is 5. The fraction of sp³-hybridized carbons (Fsp3) is 0.267. The van der Waals surface area contributed by atoms with Gasteiger partial charge in [-0.25, -0.2) is 9.67 Å². The summed E-state index contributed by atoms with van der Waals surface area (Å²) in [5.74, 6) is 0.849. The summed E-state index contributed by atoms with van der Waals surface area (Å²) in [7, 11) is 3.90. The first-order chi connectivity index (χ1) is 10.2. The Morgan fingerprint density at radius 1 is 1.19 bits per heavy atom. The van der Waals surface area contributed by atoms with Gasteiger partial charge in [0.1, 0.15) is 0 Å². The van der Waals surface area contributed by atoms with Gasteiger partial charge in [-0.2, -0.15) is 5.10 Å². The van der Waals surface area contributed by atoms with Gasteiger partial charge in [0.15, 0.2) is 11.5 Å². The molecule has 0 atom stereocenters. The molecule has 0 saturated carbocycles. The van der Waals surface area contributed by atoms with Gasteiger partial charge in [0.2, 0.25) is 0 Å². The summed E-state index contributed by atoms with van der Waals surface area (Å²) >= 11 is 0. The lowest BCUT2D eigenvalue weighted by Crippen LogP contribution is -2.11. The molecule has 21 heavy (non-hydrogen) atoms. The van der Waals surface area contributed by atoms with E-state index in [0.717, 1.165) is 28.0 Å². The Morgan fingerprint density at radius 3 is 2.62 bits per heavy atom. The average Bonchev–Trinajstić information content (AvgIpc) is 2.87. The van der Waals surface area contributed by atoms with Gasteiger partial charge in [-0.15, -0.1) is 0 Å². The van der Waals surface area contributed by atoms with E-state index in [2.05, 4.69) is 21.1 Å². The molecule has 0 radical (unpaired) electrons. The van der Waals surface area contributed by atoms with Crippen molar-refractivity contribution in [2.75, 3.05) is 25.6 Å². The largest absolute Gasteiger partial charge is 0.394 e. The van der Waals surface area contributed by atoms with Gasteiger partial charge in [0, 0.05) is 38.2 Å². The van der Waals surface area contributed by atoms with E-state index in [-0.39, 0.29) is 6.61 Å². The second kappa shape index (κ2) is 5.49. The molecule has 0 saturated heterocycles. The topological polar surface area (TPSA) is 67.1 Å². The maximum atomic E-state index is 9.15. The lowest BCUT2D eigenvalue weighted by Gasteiger charge is -2.08. The van der Waals surface area contributed by atoms with Crippen LogP contribution < -0.4 is 4.90 Å². The fourth-order valence-corrected chi connectivity index (χ4v) is 2.33. The lowest BCUT2D eigenvalue weighted by molar-refractivity contribution is 0.271. The Morgan fingerprint density at radius 2 is 1.95 bits per heavy atom. The predicted molar refractivity (Wildman–Crippen MR) is 82.2 cm³/mol. The van der Waals surface area contributed by atoms with Crippen molar-refractivity contribution in [3.05, 3.63) is 36.8 Å². The minimum absolute atomic E-state index is 0.0391. The third kappa shape index (κ3) is 2.45. The number of pyridine rings is 2. The molecule has 3 aromatic rings. The summed E-state index contributed by atoms with van der Waals surface area (Å²) < 4.78 is 1.74. The van der Waals surface area contributed by atoms with Crippen LogP contribution in [0.5, 0.6) is 0 Å². The molecule has 0 unspecified atom stereocenters. The number of aliphatic hydroxyl groups excluding tert-OH is 1. The molecule has 0 amide bonds. The van der Waals surface area contributed by atoms with Crippen LogP contribution in [-0.2, 0) is 6.54 Å². The summed E-state index contributed by atoms with van der Waals surface area (Å²) in [4.78, 5) is 10.5. The summed E-state index contributed by atoms with van der Waals surface area (Å²) in [6.45, 7) is 0.476. The van der Waals surface area contributed by atoms with Crippen LogP contribution >= 0.6 is 0 Å². The van der Waals surface area contributed by atoms with E-state index in [1.165, 1.54) is 0 Å². The Kier molecular flexibility index (Phi) is 3.53. The van der Waals surface area contributed by atoms with Gasteiger partial charge < -0.3 is 10.0 Å². The number of hydrogen-bond donors (Lipinski definition) is 1. The summed E-state index contributed by atoms with van der Waals surface area (Å²) in [6.07, 6.45) is 5.36. The minimum atomic E-state index is 0.0391. The quantitative estimate of drug-likeness (QED) is 0.787. The maximum absolute atomic E-state index is 9.15. The van der Waals surface area contributed by atoms with Crippen molar-refractivity contribution >= 4 is 16.9 Å². The van der Waals surface area contributed by atoms with E-state index >= 15 is 0 Å². The van der Waals surface area contributed by atoms with Crippen LogP contribution in [-0.4, -0.2) is 45.6 Å². The molecule has 0 aliphatic heterocycles. The van der Waals surface area contributed by atoms with Crippen LogP contribution in [0.2, 0.25) is 0 Å². The van der Waals surface area contributed by atoms with E-state index in [9.17, 15) is 0 Å². The van der Waals surface area contributed by atoms with Gasteiger partial charge in [-0.05, 0) is 23.8 Å². The van der Waals surface area contributed by atoms with E-state index in [1.54, 1.807) is 17.1 Å². The fourth-order valence-electron chi connectivity index (χ4n) is 2.33. The highest BCUT2D eigenvalue weighted by Crippen LogP contribution is 2.28. The minimum Gasteiger partial charge on any atom is -0.394 e. The molecule has 3 rings (SSSR count). The molecule has 0 aliphatic rings. The molecule has 0 bridgehead atoms. The van der Waals surface area contributed by atoms with Crippen molar-refractivity contribution in [1.82, 2.24) is 19.7 Å². The molecule has 0 aromatic carbocycles. The molecule has 3 aromatic heterocycles. The van der Waals surface area contributed by atoms with Crippen molar-refractivity contribution in [2.45, 2.75) is 6.54 Å². The number of rotatable bonds is 4. The first-order valence-electron chi connectivity index (χ1n) is 6.76.